The number of aliphatic carboxylic acids is 1. The van der Waals surface area contributed by atoms with Crippen molar-refractivity contribution in [1.82, 2.24) is 10.3 Å². The molecule has 0 radical (unpaired) electrons. The number of rotatable bonds is 8. The van der Waals surface area contributed by atoms with Gasteiger partial charge in [-0.2, -0.15) is 0 Å². The number of methoxy groups -OCH3 is 2. The van der Waals surface area contributed by atoms with Crippen LogP contribution in [0.1, 0.15) is 26.3 Å². The lowest BCUT2D eigenvalue weighted by Crippen LogP contribution is -2.44. The third-order valence-electron chi connectivity index (χ3n) is 4.75. The molecule has 1 unspecified atom stereocenters. The van der Waals surface area contributed by atoms with Crippen molar-refractivity contribution in [3.05, 3.63) is 54.1 Å². The van der Waals surface area contributed by atoms with E-state index >= 15 is 0 Å². The molecule has 2 aromatic carbocycles. The van der Waals surface area contributed by atoms with Crippen LogP contribution in [-0.4, -0.2) is 48.0 Å². The lowest BCUT2D eigenvalue weighted by atomic mass is 10.0. The van der Waals surface area contributed by atoms with Gasteiger partial charge in [0.15, 0.2) is 11.5 Å². The second kappa shape index (κ2) is 10.3. The minimum Gasteiger partial charge on any atom is -0.493 e. The number of carboxylic acids is 1. The van der Waals surface area contributed by atoms with Gasteiger partial charge in [0.2, 0.25) is 11.6 Å². The number of ether oxygens (including phenoxy) is 4. The van der Waals surface area contributed by atoms with E-state index in [1.165, 1.54) is 0 Å². The van der Waals surface area contributed by atoms with E-state index in [0.29, 0.717) is 28.6 Å². The lowest BCUT2D eigenvalue weighted by Gasteiger charge is -2.22. The van der Waals surface area contributed by atoms with Crippen LogP contribution in [-0.2, 0) is 16.0 Å². The van der Waals surface area contributed by atoms with Crippen molar-refractivity contribution in [2.75, 3.05) is 14.2 Å². The van der Waals surface area contributed by atoms with Gasteiger partial charge in [-0.1, -0.05) is 12.1 Å². The van der Waals surface area contributed by atoms with Crippen LogP contribution in [0.15, 0.2) is 48.5 Å². The number of aromatic nitrogens is 1. The summed E-state index contributed by atoms with van der Waals surface area (Å²) in [5.41, 5.74) is 0.648. The number of pyridine rings is 1. The highest BCUT2D eigenvalue weighted by atomic mass is 16.6. The van der Waals surface area contributed by atoms with Crippen molar-refractivity contribution in [1.29, 1.82) is 0 Å². The molecular formula is C25H28N2O7. The van der Waals surface area contributed by atoms with Crippen LogP contribution >= 0.6 is 0 Å². The maximum Gasteiger partial charge on any atom is 0.408 e. The Morgan fingerprint density at radius 3 is 2.29 bits per heavy atom. The summed E-state index contributed by atoms with van der Waals surface area (Å²) in [6, 6.07) is 13.0. The van der Waals surface area contributed by atoms with Crippen molar-refractivity contribution < 1.29 is 33.6 Å². The van der Waals surface area contributed by atoms with E-state index < -0.39 is 23.7 Å². The van der Waals surface area contributed by atoms with Gasteiger partial charge in [0, 0.05) is 17.9 Å². The summed E-state index contributed by atoms with van der Waals surface area (Å²) in [5.74, 6) is 0.618. The van der Waals surface area contributed by atoms with Crippen LogP contribution < -0.4 is 19.5 Å². The molecule has 1 atom stereocenters. The number of fused-ring (bicyclic) bond motifs is 1. The van der Waals surface area contributed by atoms with Crippen LogP contribution in [0.4, 0.5) is 4.79 Å². The number of nitrogens with one attached hydrogen (secondary N) is 1. The largest absolute Gasteiger partial charge is 0.493 e. The Balaban J connectivity index is 1.79. The Bertz CT molecular complexity index is 1170. The van der Waals surface area contributed by atoms with Gasteiger partial charge in [0.1, 0.15) is 11.6 Å². The summed E-state index contributed by atoms with van der Waals surface area (Å²) in [5, 5.41) is 12.7. The predicted octanol–water partition coefficient (Wildman–Crippen LogP) is 4.56. The minimum absolute atomic E-state index is 0.0845. The molecule has 0 fully saturated rings. The quantitative estimate of drug-likeness (QED) is 0.494. The van der Waals surface area contributed by atoms with Crippen molar-refractivity contribution in [2.24, 2.45) is 0 Å². The van der Waals surface area contributed by atoms with Gasteiger partial charge in [-0.25, -0.2) is 14.6 Å². The zero-order valence-corrected chi connectivity index (χ0v) is 19.7. The number of nitrogens with zero attached hydrogens (tertiary/aromatic N) is 1. The molecule has 2 N–H and O–H groups in total. The summed E-state index contributed by atoms with van der Waals surface area (Å²) in [7, 11) is 3.08. The second-order valence-corrected chi connectivity index (χ2v) is 8.51. The summed E-state index contributed by atoms with van der Waals surface area (Å²) in [4.78, 5) is 28.2. The van der Waals surface area contributed by atoms with E-state index in [-0.39, 0.29) is 6.42 Å². The van der Waals surface area contributed by atoms with Gasteiger partial charge in [-0.3, -0.25) is 0 Å². The Morgan fingerprint density at radius 2 is 1.71 bits per heavy atom. The van der Waals surface area contributed by atoms with E-state index in [1.807, 2.05) is 12.1 Å². The lowest BCUT2D eigenvalue weighted by molar-refractivity contribution is -0.139. The van der Waals surface area contributed by atoms with Crippen molar-refractivity contribution in [3.63, 3.8) is 0 Å². The first kappa shape index (κ1) is 24.6. The molecule has 0 saturated heterocycles. The molecular weight excluding hydrogens is 440 g/mol. The van der Waals surface area contributed by atoms with E-state index in [0.717, 1.165) is 10.9 Å². The molecule has 1 aromatic heterocycles. The molecule has 0 aliphatic heterocycles. The van der Waals surface area contributed by atoms with Gasteiger partial charge in [-0.05, 0) is 56.7 Å². The summed E-state index contributed by atoms with van der Waals surface area (Å²) < 4.78 is 21.8. The molecule has 0 aliphatic rings. The number of carbonyl (C=O) groups is 2. The first-order valence-electron chi connectivity index (χ1n) is 10.6. The maximum absolute atomic E-state index is 12.0. The number of para-hydroxylation sites is 1. The van der Waals surface area contributed by atoms with Crippen LogP contribution in [0.25, 0.3) is 10.9 Å². The molecule has 180 valence electrons. The predicted molar refractivity (Wildman–Crippen MR) is 126 cm³/mol. The molecule has 9 heteroatoms. The van der Waals surface area contributed by atoms with Gasteiger partial charge in [0.05, 0.1) is 19.7 Å². The average molecular weight is 469 g/mol. The molecule has 9 nitrogen and oxygen atoms in total. The maximum atomic E-state index is 12.0. The molecule has 3 aromatic rings. The standard InChI is InChI=1S/C25H28N2O7/c1-25(2,3)34-24(30)27-18(23(28)29)14-15-9-11-17-16(13-15)10-12-21(26-17)33-22-19(31-4)7-6-8-20(22)32-5/h6-13,18H,14H2,1-5H3,(H,27,30)(H,28,29). The molecule has 0 spiro atoms. The normalized spacial score (nSPS) is 12.0. The topological polar surface area (TPSA) is 116 Å². The minimum atomic E-state index is -1.15. The molecule has 0 bridgehead atoms. The molecule has 3 rings (SSSR count). The van der Waals surface area contributed by atoms with Crippen LogP contribution in [0.3, 0.4) is 0 Å². The van der Waals surface area contributed by atoms with Gasteiger partial charge in [0.25, 0.3) is 0 Å². The van der Waals surface area contributed by atoms with Crippen molar-refractivity contribution in [2.45, 2.75) is 38.8 Å². The molecule has 1 heterocycles. The fourth-order valence-corrected chi connectivity index (χ4v) is 3.25. The summed E-state index contributed by atoms with van der Waals surface area (Å²) in [6.07, 6.45) is -0.697. The fraction of sp³-hybridized carbons (Fsp3) is 0.320. The van der Waals surface area contributed by atoms with E-state index in [9.17, 15) is 14.7 Å². The Kier molecular flexibility index (Phi) is 7.45. The van der Waals surface area contributed by atoms with Gasteiger partial charge in [-0.15, -0.1) is 0 Å². The van der Waals surface area contributed by atoms with Crippen molar-refractivity contribution >= 4 is 23.0 Å². The van der Waals surface area contributed by atoms with Crippen LogP contribution in [0.2, 0.25) is 0 Å². The van der Waals surface area contributed by atoms with E-state index in [1.54, 1.807) is 71.4 Å². The monoisotopic (exact) mass is 468 g/mol. The summed E-state index contributed by atoms with van der Waals surface area (Å²) >= 11 is 0. The number of benzene rings is 2. The average Bonchev–Trinajstić information content (AvgIpc) is 2.77. The zero-order valence-electron chi connectivity index (χ0n) is 19.7. The van der Waals surface area contributed by atoms with Gasteiger partial charge >= 0.3 is 12.1 Å². The Morgan fingerprint density at radius 1 is 1.03 bits per heavy atom. The highest BCUT2D eigenvalue weighted by Crippen LogP contribution is 2.39. The number of alkyl carbamates (subject to hydrolysis) is 1. The number of amides is 1. The molecule has 1 amide bonds. The second-order valence-electron chi connectivity index (χ2n) is 8.51. The van der Waals surface area contributed by atoms with Crippen LogP contribution in [0.5, 0.6) is 23.1 Å². The smallest absolute Gasteiger partial charge is 0.408 e. The van der Waals surface area contributed by atoms with Gasteiger partial charge < -0.3 is 29.4 Å². The van der Waals surface area contributed by atoms with Crippen molar-refractivity contribution in [3.8, 4) is 23.1 Å². The molecule has 34 heavy (non-hydrogen) atoms. The summed E-state index contributed by atoms with van der Waals surface area (Å²) in [6.45, 7) is 5.13. The number of carbonyl (C=O) groups excluding carboxylic acids is 1. The van der Waals surface area contributed by atoms with E-state index in [4.69, 9.17) is 18.9 Å². The first-order valence-corrected chi connectivity index (χ1v) is 10.6. The number of hydrogen-bond acceptors (Lipinski definition) is 7. The number of carboxylic acid groups (broad SMARTS) is 1. The van der Waals surface area contributed by atoms with E-state index in [2.05, 4.69) is 10.3 Å². The zero-order chi connectivity index (χ0) is 24.9. The van der Waals surface area contributed by atoms with Crippen LogP contribution in [0, 0.1) is 0 Å². The highest BCUT2D eigenvalue weighted by Gasteiger charge is 2.24. The third-order valence-corrected chi connectivity index (χ3v) is 4.75. The molecule has 0 saturated carbocycles. The first-order chi connectivity index (χ1) is 16.1. The molecule has 0 aliphatic carbocycles. The third kappa shape index (κ3) is 6.28. The number of hydrogen-bond donors (Lipinski definition) is 2. The SMILES string of the molecule is COc1cccc(OC)c1Oc1ccc2cc(CC(NC(=O)OC(C)(C)C)C(=O)O)ccc2n1. The highest BCUT2D eigenvalue weighted by molar-refractivity contribution is 5.82. The Hall–Kier alpha value is -4.01. The fourth-order valence-electron chi connectivity index (χ4n) is 3.25. The Labute approximate surface area is 197 Å².